The Morgan fingerprint density at radius 3 is 2.43 bits per heavy atom. The Hall–Kier alpha value is -1.32. The molecule has 14 heavy (non-hydrogen) atoms. The van der Waals surface area contributed by atoms with Crippen LogP contribution >= 0.6 is 0 Å². The Morgan fingerprint density at radius 1 is 1.43 bits per heavy atom. The van der Waals surface area contributed by atoms with Crippen LogP contribution in [0.1, 0.15) is 29.9 Å². The van der Waals surface area contributed by atoms with Crippen LogP contribution in [0.25, 0.3) is 0 Å². The van der Waals surface area contributed by atoms with Crippen LogP contribution in [-0.2, 0) is 7.05 Å². The van der Waals surface area contributed by atoms with Crippen molar-refractivity contribution in [3.8, 4) is 0 Å². The van der Waals surface area contributed by atoms with Gasteiger partial charge in [-0.1, -0.05) is 0 Å². The normalized spacial score (nSPS) is 10.3. The summed E-state index contributed by atoms with van der Waals surface area (Å²) in [5.74, 6) is 0.919. The number of hydrogen-bond donors (Lipinski definition) is 0. The van der Waals surface area contributed by atoms with Crippen molar-refractivity contribution >= 4 is 12.1 Å². The summed E-state index contributed by atoms with van der Waals surface area (Å²) in [5.41, 5.74) is 1.50. The van der Waals surface area contributed by atoms with Crippen molar-refractivity contribution in [1.82, 2.24) is 9.78 Å². The number of hydrogen-bond acceptors (Lipinski definition) is 3. The molecule has 0 spiro atoms. The fourth-order valence-corrected chi connectivity index (χ4v) is 1.70. The number of anilines is 1. The number of rotatable bonds is 4. The van der Waals surface area contributed by atoms with Crippen LogP contribution in [0, 0.1) is 6.92 Å². The van der Waals surface area contributed by atoms with E-state index in [-0.39, 0.29) is 0 Å². The van der Waals surface area contributed by atoms with Crippen molar-refractivity contribution in [1.29, 1.82) is 0 Å². The molecule has 0 unspecified atom stereocenters. The lowest BCUT2D eigenvalue weighted by molar-refractivity contribution is 0.112. The van der Waals surface area contributed by atoms with Gasteiger partial charge in [-0.2, -0.15) is 5.10 Å². The highest BCUT2D eigenvalue weighted by atomic mass is 16.1. The van der Waals surface area contributed by atoms with E-state index in [1.165, 1.54) is 0 Å². The molecule has 1 aromatic rings. The van der Waals surface area contributed by atoms with Gasteiger partial charge in [0.2, 0.25) is 0 Å². The van der Waals surface area contributed by atoms with Gasteiger partial charge in [-0.25, -0.2) is 0 Å². The molecule has 0 saturated carbocycles. The molecule has 0 saturated heterocycles. The summed E-state index contributed by atoms with van der Waals surface area (Å²) in [5, 5.41) is 4.24. The Morgan fingerprint density at radius 2 is 2.00 bits per heavy atom. The van der Waals surface area contributed by atoms with Crippen molar-refractivity contribution in [3.05, 3.63) is 11.3 Å². The van der Waals surface area contributed by atoms with E-state index in [0.29, 0.717) is 5.56 Å². The van der Waals surface area contributed by atoms with Gasteiger partial charge in [-0.05, 0) is 20.8 Å². The van der Waals surface area contributed by atoms with Crippen molar-refractivity contribution in [2.75, 3.05) is 18.0 Å². The van der Waals surface area contributed by atoms with Crippen LogP contribution in [0.5, 0.6) is 0 Å². The molecule has 1 rings (SSSR count). The third kappa shape index (κ3) is 1.64. The van der Waals surface area contributed by atoms with Crippen LogP contribution in [0.2, 0.25) is 0 Å². The van der Waals surface area contributed by atoms with Gasteiger partial charge < -0.3 is 4.90 Å². The first kappa shape index (κ1) is 10.8. The van der Waals surface area contributed by atoms with Crippen LogP contribution in [0.3, 0.4) is 0 Å². The zero-order chi connectivity index (χ0) is 10.7. The number of carbonyl (C=O) groups is 1. The first-order valence-corrected chi connectivity index (χ1v) is 4.89. The van der Waals surface area contributed by atoms with Gasteiger partial charge in [0.1, 0.15) is 5.82 Å². The summed E-state index contributed by atoms with van der Waals surface area (Å²) in [6, 6.07) is 0. The molecule has 0 fully saturated rings. The van der Waals surface area contributed by atoms with Gasteiger partial charge in [-0.3, -0.25) is 9.48 Å². The average Bonchev–Trinajstić information content (AvgIpc) is 2.44. The zero-order valence-electron chi connectivity index (χ0n) is 9.24. The highest BCUT2D eigenvalue weighted by Crippen LogP contribution is 2.20. The SMILES string of the molecule is CCN(CC)c1c(C=O)c(C)nn1C. The van der Waals surface area contributed by atoms with Crippen molar-refractivity contribution < 1.29 is 4.79 Å². The van der Waals surface area contributed by atoms with Crippen molar-refractivity contribution in [2.45, 2.75) is 20.8 Å². The standard InChI is InChI=1S/C10H17N3O/c1-5-13(6-2)10-9(7-14)8(3)11-12(10)4/h7H,5-6H2,1-4H3. The first-order chi connectivity index (χ1) is 6.65. The van der Waals surface area contributed by atoms with Crippen LogP contribution in [0.15, 0.2) is 0 Å². The minimum atomic E-state index is 0.705. The van der Waals surface area contributed by atoms with E-state index < -0.39 is 0 Å². The van der Waals surface area contributed by atoms with E-state index in [4.69, 9.17) is 0 Å². The van der Waals surface area contributed by atoms with E-state index in [0.717, 1.165) is 30.9 Å². The van der Waals surface area contributed by atoms with E-state index >= 15 is 0 Å². The van der Waals surface area contributed by atoms with Gasteiger partial charge in [0.15, 0.2) is 6.29 Å². The second kappa shape index (κ2) is 4.26. The Bertz CT molecular complexity index is 326. The third-order valence-electron chi connectivity index (χ3n) is 2.42. The largest absolute Gasteiger partial charge is 0.357 e. The van der Waals surface area contributed by atoms with E-state index in [1.54, 1.807) is 4.68 Å². The predicted octanol–water partition coefficient (Wildman–Crippen LogP) is 1.39. The van der Waals surface area contributed by atoms with Crippen molar-refractivity contribution in [2.24, 2.45) is 7.05 Å². The molecule has 4 nitrogen and oxygen atoms in total. The Labute approximate surface area is 84.5 Å². The fraction of sp³-hybridized carbons (Fsp3) is 0.600. The summed E-state index contributed by atoms with van der Waals surface area (Å²) < 4.78 is 1.77. The summed E-state index contributed by atoms with van der Waals surface area (Å²) in [4.78, 5) is 13.0. The van der Waals surface area contributed by atoms with Crippen LogP contribution < -0.4 is 4.90 Å². The van der Waals surface area contributed by atoms with Crippen molar-refractivity contribution in [3.63, 3.8) is 0 Å². The summed E-state index contributed by atoms with van der Waals surface area (Å²) >= 11 is 0. The molecule has 0 aliphatic heterocycles. The van der Waals surface area contributed by atoms with Gasteiger partial charge in [0.25, 0.3) is 0 Å². The molecule has 78 valence electrons. The van der Waals surface area contributed by atoms with Crippen LogP contribution in [0.4, 0.5) is 5.82 Å². The highest BCUT2D eigenvalue weighted by molar-refractivity contribution is 5.84. The van der Waals surface area contributed by atoms with Crippen LogP contribution in [-0.4, -0.2) is 29.2 Å². The van der Waals surface area contributed by atoms with Gasteiger partial charge >= 0.3 is 0 Å². The van der Waals surface area contributed by atoms with Gasteiger partial charge in [-0.15, -0.1) is 0 Å². The predicted molar refractivity (Wildman–Crippen MR) is 56.9 cm³/mol. The molecule has 0 amide bonds. The Balaban J connectivity index is 3.22. The molecule has 0 aliphatic rings. The van der Waals surface area contributed by atoms with Gasteiger partial charge in [0.05, 0.1) is 11.3 Å². The first-order valence-electron chi connectivity index (χ1n) is 4.89. The second-order valence-electron chi connectivity index (χ2n) is 3.24. The molecule has 0 bridgehead atoms. The lowest BCUT2D eigenvalue weighted by Crippen LogP contribution is -2.25. The molecule has 1 aromatic heterocycles. The summed E-state index contributed by atoms with van der Waals surface area (Å²) in [6.07, 6.45) is 0.885. The topological polar surface area (TPSA) is 38.1 Å². The van der Waals surface area contributed by atoms with E-state index in [2.05, 4.69) is 23.8 Å². The minimum Gasteiger partial charge on any atom is -0.357 e. The van der Waals surface area contributed by atoms with Gasteiger partial charge in [0, 0.05) is 20.1 Å². The van der Waals surface area contributed by atoms with E-state index in [1.807, 2.05) is 14.0 Å². The lowest BCUT2D eigenvalue weighted by atomic mass is 10.2. The zero-order valence-corrected chi connectivity index (χ0v) is 9.24. The molecule has 4 heteroatoms. The summed E-state index contributed by atoms with van der Waals surface area (Å²) in [6.45, 7) is 7.77. The molecule has 1 heterocycles. The lowest BCUT2D eigenvalue weighted by Gasteiger charge is -2.21. The number of carbonyl (C=O) groups excluding carboxylic acids is 1. The minimum absolute atomic E-state index is 0.705. The number of aldehydes is 1. The molecule has 0 N–H and O–H groups in total. The maximum atomic E-state index is 10.9. The molecule has 0 atom stereocenters. The molecule has 0 radical (unpaired) electrons. The molecule has 0 aromatic carbocycles. The molecular formula is C10H17N3O. The smallest absolute Gasteiger partial charge is 0.155 e. The third-order valence-corrected chi connectivity index (χ3v) is 2.42. The average molecular weight is 195 g/mol. The Kier molecular flexibility index (Phi) is 3.28. The fourth-order valence-electron chi connectivity index (χ4n) is 1.70. The molecular weight excluding hydrogens is 178 g/mol. The number of nitrogens with zero attached hydrogens (tertiary/aromatic N) is 3. The number of aryl methyl sites for hydroxylation is 2. The maximum Gasteiger partial charge on any atom is 0.155 e. The quantitative estimate of drug-likeness (QED) is 0.681. The summed E-state index contributed by atoms with van der Waals surface area (Å²) in [7, 11) is 1.87. The second-order valence-corrected chi connectivity index (χ2v) is 3.24. The van der Waals surface area contributed by atoms with E-state index in [9.17, 15) is 4.79 Å². The molecule has 0 aliphatic carbocycles. The highest BCUT2D eigenvalue weighted by Gasteiger charge is 2.16. The maximum absolute atomic E-state index is 10.9. The monoisotopic (exact) mass is 195 g/mol. The number of aromatic nitrogens is 2.